The molecule has 1 aliphatic heterocycles. The summed E-state index contributed by atoms with van der Waals surface area (Å²) < 4.78 is 19.6. The Kier molecular flexibility index (Phi) is 8.44. The molecule has 1 N–H and O–H groups in total. The van der Waals surface area contributed by atoms with Gasteiger partial charge in [-0.15, -0.1) is 0 Å². The lowest BCUT2D eigenvalue weighted by Gasteiger charge is -2.14. The van der Waals surface area contributed by atoms with Crippen molar-refractivity contribution in [1.29, 1.82) is 0 Å². The molecule has 3 aromatic carbocycles. The van der Waals surface area contributed by atoms with Crippen LogP contribution in [0.2, 0.25) is 15.1 Å². The number of anilines is 1. The first kappa shape index (κ1) is 27.0. The van der Waals surface area contributed by atoms with Gasteiger partial charge in [-0.1, -0.05) is 53.0 Å². The van der Waals surface area contributed by atoms with E-state index in [2.05, 4.69) is 5.32 Å². The first-order valence-electron chi connectivity index (χ1n) is 10.8. The molecule has 0 saturated carbocycles. The summed E-state index contributed by atoms with van der Waals surface area (Å²) in [5.41, 5.74) is 2.02. The molecule has 1 aliphatic rings. The number of carbonyl (C=O) groups is 3. The van der Waals surface area contributed by atoms with Crippen molar-refractivity contribution in [2.24, 2.45) is 0 Å². The Morgan fingerprint density at radius 3 is 2.54 bits per heavy atom. The van der Waals surface area contributed by atoms with Gasteiger partial charge in [-0.25, -0.2) is 4.39 Å². The molecule has 0 unspecified atom stereocenters. The second kappa shape index (κ2) is 11.6. The van der Waals surface area contributed by atoms with Crippen molar-refractivity contribution in [2.75, 3.05) is 11.9 Å². The number of benzene rings is 3. The van der Waals surface area contributed by atoms with Gasteiger partial charge >= 0.3 is 0 Å². The number of carbonyl (C=O) groups excluding carboxylic acids is 3. The van der Waals surface area contributed by atoms with E-state index in [-0.39, 0.29) is 39.4 Å². The number of imide groups is 1. The van der Waals surface area contributed by atoms with E-state index in [1.807, 2.05) is 6.92 Å². The zero-order valence-electron chi connectivity index (χ0n) is 19.2. The molecule has 190 valence electrons. The molecule has 37 heavy (non-hydrogen) atoms. The standard InChI is InChI=1S/C26H18Cl3FN2O4S/c1-14-5-7-16(11-19(14)28)31-24(33)13-36-22-8-6-15(9-20(22)29)10-23-25(34)32(26(35)37-23)12-17-18(27)3-2-4-21(17)30/h2-11H,12-13H2,1H3,(H,31,33)/b23-10-. The Labute approximate surface area is 231 Å². The van der Waals surface area contributed by atoms with Crippen molar-refractivity contribution in [1.82, 2.24) is 4.90 Å². The van der Waals surface area contributed by atoms with E-state index in [1.165, 1.54) is 30.3 Å². The summed E-state index contributed by atoms with van der Waals surface area (Å²) in [5.74, 6) is -1.31. The van der Waals surface area contributed by atoms with Crippen LogP contribution in [0.4, 0.5) is 14.9 Å². The minimum Gasteiger partial charge on any atom is -0.482 e. The topological polar surface area (TPSA) is 75.7 Å². The maximum absolute atomic E-state index is 14.1. The molecule has 1 fully saturated rings. The van der Waals surface area contributed by atoms with Crippen LogP contribution in [0, 0.1) is 12.7 Å². The third-order valence-electron chi connectivity index (χ3n) is 5.32. The molecule has 3 aromatic rings. The summed E-state index contributed by atoms with van der Waals surface area (Å²) in [6.07, 6.45) is 1.50. The van der Waals surface area contributed by atoms with Crippen molar-refractivity contribution in [3.05, 3.63) is 97.1 Å². The van der Waals surface area contributed by atoms with Crippen molar-refractivity contribution in [3.63, 3.8) is 0 Å². The average molecular weight is 580 g/mol. The second-order valence-corrected chi connectivity index (χ2v) is 10.2. The number of hydrogen-bond acceptors (Lipinski definition) is 5. The molecule has 0 bridgehead atoms. The highest BCUT2D eigenvalue weighted by Gasteiger charge is 2.36. The predicted octanol–water partition coefficient (Wildman–Crippen LogP) is 7.35. The number of thioether (sulfide) groups is 1. The molecule has 11 heteroatoms. The summed E-state index contributed by atoms with van der Waals surface area (Å²) in [6, 6.07) is 14.0. The lowest BCUT2D eigenvalue weighted by Crippen LogP contribution is -2.28. The number of nitrogens with one attached hydrogen (secondary N) is 1. The van der Waals surface area contributed by atoms with Gasteiger partial charge in [0.1, 0.15) is 11.6 Å². The van der Waals surface area contributed by atoms with Crippen molar-refractivity contribution in [2.45, 2.75) is 13.5 Å². The third kappa shape index (κ3) is 6.45. The van der Waals surface area contributed by atoms with E-state index in [1.54, 1.807) is 30.3 Å². The van der Waals surface area contributed by atoms with E-state index in [0.29, 0.717) is 16.3 Å². The van der Waals surface area contributed by atoms with Crippen LogP contribution in [-0.4, -0.2) is 28.6 Å². The normalized spacial score (nSPS) is 14.4. The molecule has 4 rings (SSSR count). The van der Waals surface area contributed by atoms with Gasteiger partial charge in [-0.05, 0) is 72.3 Å². The van der Waals surface area contributed by atoms with Crippen molar-refractivity contribution >= 4 is 75.4 Å². The molecule has 0 spiro atoms. The second-order valence-electron chi connectivity index (χ2n) is 7.96. The lowest BCUT2D eigenvalue weighted by atomic mass is 10.2. The Balaban J connectivity index is 1.40. The van der Waals surface area contributed by atoms with Gasteiger partial charge in [0, 0.05) is 21.3 Å². The summed E-state index contributed by atoms with van der Waals surface area (Å²) in [5, 5.41) is 3.01. The molecule has 3 amide bonds. The SMILES string of the molecule is Cc1ccc(NC(=O)COc2ccc(/C=C3\SC(=O)N(Cc4c(F)cccc4Cl)C3=O)cc2Cl)cc1Cl. The van der Waals surface area contributed by atoms with Crippen LogP contribution in [0.5, 0.6) is 5.75 Å². The minimum atomic E-state index is -0.603. The van der Waals surface area contributed by atoms with Gasteiger partial charge in [0.15, 0.2) is 6.61 Å². The van der Waals surface area contributed by atoms with Gasteiger partial charge in [0.2, 0.25) is 0 Å². The van der Waals surface area contributed by atoms with Crippen molar-refractivity contribution < 1.29 is 23.5 Å². The number of nitrogens with zero attached hydrogens (tertiary/aromatic N) is 1. The highest BCUT2D eigenvalue weighted by molar-refractivity contribution is 8.18. The largest absolute Gasteiger partial charge is 0.482 e. The maximum Gasteiger partial charge on any atom is 0.293 e. The van der Waals surface area contributed by atoms with E-state index in [4.69, 9.17) is 39.5 Å². The van der Waals surface area contributed by atoms with Gasteiger partial charge in [-0.3, -0.25) is 19.3 Å². The molecule has 0 radical (unpaired) electrons. The molecular formula is C26H18Cl3FN2O4S. The van der Waals surface area contributed by atoms with E-state index in [9.17, 15) is 18.8 Å². The predicted molar refractivity (Wildman–Crippen MR) is 145 cm³/mol. The Bertz CT molecular complexity index is 1430. The van der Waals surface area contributed by atoms with Crippen LogP contribution >= 0.6 is 46.6 Å². The molecular weight excluding hydrogens is 562 g/mol. The van der Waals surface area contributed by atoms with Crippen LogP contribution in [0.1, 0.15) is 16.7 Å². The molecule has 0 atom stereocenters. The zero-order chi connectivity index (χ0) is 26.7. The number of amides is 3. The zero-order valence-corrected chi connectivity index (χ0v) is 22.3. The Hall–Kier alpha value is -3.04. The lowest BCUT2D eigenvalue weighted by molar-refractivity contribution is -0.123. The Morgan fingerprint density at radius 2 is 1.84 bits per heavy atom. The molecule has 0 aliphatic carbocycles. The highest BCUT2D eigenvalue weighted by Crippen LogP contribution is 2.35. The fourth-order valence-electron chi connectivity index (χ4n) is 3.36. The van der Waals surface area contributed by atoms with Crippen molar-refractivity contribution in [3.8, 4) is 5.75 Å². The van der Waals surface area contributed by atoms with Crippen LogP contribution in [0.15, 0.2) is 59.5 Å². The fraction of sp³-hybridized carbons (Fsp3) is 0.115. The number of halogens is 4. The van der Waals surface area contributed by atoms with E-state index in [0.717, 1.165) is 22.2 Å². The van der Waals surface area contributed by atoms with Gasteiger partial charge in [0.25, 0.3) is 17.1 Å². The van der Waals surface area contributed by atoms with Crippen LogP contribution in [0.25, 0.3) is 6.08 Å². The minimum absolute atomic E-state index is 0.0618. The Morgan fingerprint density at radius 1 is 1.05 bits per heavy atom. The summed E-state index contributed by atoms with van der Waals surface area (Å²) in [4.78, 5) is 38.5. The molecule has 1 heterocycles. The fourth-order valence-corrected chi connectivity index (χ4v) is 4.85. The van der Waals surface area contributed by atoms with E-state index < -0.39 is 22.9 Å². The number of ether oxygens (including phenoxy) is 1. The summed E-state index contributed by atoms with van der Waals surface area (Å²) >= 11 is 19.1. The monoisotopic (exact) mass is 578 g/mol. The van der Waals surface area contributed by atoms with Gasteiger partial charge < -0.3 is 10.1 Å². The molecule has 1 saturated heterocycles. The molecule has 6 nitrogen and oxygen atoms in total. The number of aryl methyl sites for hydroxylation is 1. The smallest absolute Gasteiger partial charge is 0.293 e. The summed E-state index contributed by atoms with van der Waals surface area (Å²) in [6.45, 7) is 1.29. The quantitative estimate of drug-likeness (QED) is 0.296. The highest BCUT2D eigenvalue weighted by atomic mass is 35.5. The van der Waals surface area contributed by atoms with Gasteiger partial charge in [0.05, 0.1) is 16.5 Å². The maximum atomic E-state index is 14.1. The molecule has 0 aromatic heterocycles. The summed E-state index contributed by atoms with van der Waals surface area (Å²) in [7, 11) is 0. The van der Waals surface area contributed by atoms with Gasteiger partial charge in [-0.2, -0.15) is 0 Å². The average Bonchev–Trinajstić information content (AvgIpc) is 3.10. The number of rotatable bonds is 7. The number of hydrogen-bond donors (Lipinski definition) is 1. The van der Waals surface area contributed by atoms with Crippen LogP contribution in [0.3, 0.4) is 0 Å². The van der Waals surface area contributed by atoms with E-state index >= 15 is 0 Å². The van der Waals surface area contributed by atoms with Crippen LogP contribution < -0.4 is 10.1 Å². The first-order valence-corrected chi connectivity index (χ1v) is 12.7. The third-order valence-corrected chi connectivity index (χ3v) is 7.28. The van der Waals surface area contributed by atoms with Crippen LogP contribution in [-0.2, 0) is 16.1 Å². The first-order chi connectivity index (χ1) is 17.6.